The lowest BCUT2D eigenvalue weighted by Crippen LogP contribution is -2.37. The molecule has 0 saturated heterocycles. The van der Waals surface area contributed by atoms with Crippen LogP contribution in [0.25, 0.3) is 0 Å². The van der Waals surface area contributed by atoms with E-state index in [0.717, 1.165) is 130 Å². The Labute approximate surface area is 278 Å². The van der Waals surface area contributed by atoms with Gasteiger partial charge in [0.05, 0.1) is 0 Å². The van der Waals surface area contributed by atoms with Crippen LogP contribution in [0.4, 0.5) is 0 Å². The number of hydrogen-bond acceptors (Lipinski definition) is 8. The molecule has 2 unspecified atom stereocenters. The Morgan fingerprint density at radius 3 is 1.39 bits per heavy atom. The number of benzene rings is 1. The number of nitrogens with zero attached hydrogens (tertiary/aromatic N) is 4. The Bertz CT molecular complexity index is 1100. The molecule has 8 nitrogen and oxygen atoms in total. The molecule has 4 heterocycles. The minimum absolute atomic E-state index is 0.543. The van der Waals surface area contributed by atoms with E-state index in [1.807, 2.05) is 12.4 Å². The maximum Gasteiger partial charge on any atom is 0.0296 e. The second-order valence-corrected chi connectivity index (χ2v) is 13.3. The lowest BCUT2D eigenvalue weighted by molar-refractivity contribution is 0.262. The molecule has 0 radical (unpaired) electrons. The number of rotatable bonds is 4. The molecule has 5 rings (SSSR count). The van der Waals surface area contributed by atoms with Crippen molar-refractivity contribution in [2.45, 2.75) is 51.6 Å². The van der Waals surface area contributed by atoms with Crippen LogP contribution in [0.1, 0.15) is 49.7 Å². The summed E-state index contributed by atoms with van der Waals surface area (Å²) in [5, 5.41) is 14.7. The van der Waals surface area contributed by atoms with Crippen LogP contribution in [0.3, 0.4) is 0 Å². The van der Waals surface area contributed by atoms with E-state index in [1.165, 1.54) is 22.3 Å². The van der Waals surface area contributed by atoms with Crippen LogP contribution in [0, 0.1) is 11.8 Å². The average molecular weight is 627 g/mol. The van der Waals surface area contributed by atoms with Gasteiger partial charge in [0.2, 0.25) is 0 Å². The molecule has 1 aromatic rings. The zero-order valence-electron chi connectivity index (χ0n) is 28.0. The minimum Gasteiger partial charge on any atom is -0.315 e. The normalized spacial score (nSPS) is 27.0. The molecule has 0 aliphatic carbocycles. The predicted octanol–water partition coefficient (Wildman–Crippen LogP) is 4.30. The highest BCUT2D eigenvalue weighted by Gasteiger charge is 2.14. The van der Waals surface area contributed by atoms with E-state index < -0.39 is 0 Å². The zero-order valence-corrected chi connectivity index (χ0v) is 28.0. The van der Waals surface area contributed by atoms with E-state index in [9.17, 15) is 0 Å². The molecular formula is C38H58N8. The summed E-state index contributed by atoms with van der Waals surface area (Å²) in [6.07, 6.45) is 24.1. The summed E-state index contributed by atoms with van der Waals surface area (Å²) in [5.74, 6) is 1.09. The highest BCUT2D eigenvalue weighted by molar-refractivity contribution is 5.64. The molecule has 46 heavy (non-hydrogen) atoms. The van der Waals surface area contributed by atoms with Gasteiger partial charge in [-0.3, -0.25) is 19.8 Å². The maximum atomic E-state index is 4.50. The van der Waals surface area contributed by atoms with Gasteiger partial charge in [0, 0.05) is 90.3 Å². The molecule has 4 aliphatic rings. The molecular weight excluding hydrogens is 568 g/mol. The second-order valence-electron chi connectivity index (χ2n) is 13.3. The number of aliphatic imine (C=N–C) groups is 2. The van der Waals surface area contributed by atoms with Crippen molar-refractivity contribution in [2.75, 3.05) is 78.5 Å². The summed E-state index contributed by atoms with van der Waals surface area (Å²) in [5.41, 5.74) is 5.50. The summed E-state index contributed by atoms with van der Waals surface area (Å²) in [7, 11) is 0. The van der Waals surface area contributed by atoms with E-state index in [1.54, 1.807) is 0 Å². The van der Waals surface area contributed by atoms with Gasteiger partial charge >= 0.3 is 0 Å². The standard InChI is InChI=1S/C38H58N8/c1-3-13-39-17-21-45(23-19-41-15-11-37-25-35(5-1)27-43-29-37)31-33-7-9-34(10-8-33)32-46-22-18-40-14-4-2-6-36-26-38(30-44-28-36)12-16-42-20-24-46/h1-2,5-10,27-30,37-42H,3-4,11-26,31-32H2/b5-1-,6-2-. The first-order valence-electron chi connectivity index (χ1n) is 17.9. The molecule has 0 fully saturated rings. The smallest absolute Gasteiger partial charge is 0.0296 e. The monoisotopic (exact) mass is 626 g/mol. The molecule has 0 amide bonds. The fourth-order valence-electron chi connectivity index (χ4n) is 6.58. The second kappa shape index (κ2) is 20.5. The molecule has 4 bridgehead atoms. The summed E-state index contributed by atoms with van der Waals surface area (Å²) < 4.78 is 0. The third kappa shape index (κ3) is 13.2. The fourth-order valence-corrected chi connectivity index (χ4v) is 6.58. The van der Waals surface area contributed by atoms with Gasteiger partial charge < -0.3 is 21.3 Å². The molecule has 4 aliphatic heterocycles. The topological polar surface area (TPSA) is 79.3 Å². The van der Waals surface area contributed by atoms with Gasteiger partial charge in [-0.25, -0.2) is 0 Å². The average Bonchev–Trinajstić information content (AvgIpc) is 3.07. The SMILES string of the molecule is C1=NC=C2/C=C\CCNCCN(Cc3ccc(CN4CCNCC/C=C\C5=CN=CC(CCNCC4)C5)cc3)CCNCCC1C2. The van der Waals surface area contributed by atoms with Crippen LogP contribution < -0.4 is 21.3 Å². The highest BCUT2D eigenvalue weighted by Crippen LogP contribution is 2.20. The quantitative estimate of drug-likeness (QED) is 0.400. The Hall–Kier alpha value is -2.72. The first kappa shape index (κ1) is 34.6. The Kier molecular flexibility index (Phi) is 15.4. The van der Waals surface area contributed by atoms with Crippen LogP contribution in [0.15, 0.2) is 82.1 Å². The summed E-state index contributed by atoms with van der Waals surface area (Å²) in [6, 6.07) is 9.39. The van der Waals surface area contributed by atoms with Gasteiger partial charge in [-0.05, 0) is 98.8 Å². The van der Waals surface area contributed by atoms with Gasteiger partial charge in [0.25, 0.3) is 0 Å². The van der Waals surface area contributed by atoms with E-state index in [0.29, 0.717) is 11.8 Å². The third-order valence-electron chi connectivity index (χ3n) is 9.35. The van der Waals surface area contributed by atoms with Gasteiger partial charge in [-0.1, -0.05) is 48.6 Å². The lowest BCUT2D eigenvalue weighted by atomic mass is 9.95. The summed E-state index contributed by atoms with van der Waals surface area (Å²) in [6.45, 7) is 14.4. The van der Waals surface area contributed by atoms with Crippen molar-refractivity contribution in [1.29, 1.82) is 0 Å². The van der Waals surface area contributed by atoms with Crippen LogP contribution in [-0.2, 0) is 13.1 Å². The van der Waals surface area contributed by atoms with Gasteiger partial charge in [0.1, 0.15) is 0 Å². The van der Waals surface area contributed by atoms with E-state index in [-0.39, 0.29) is 0 Å². The lowest BCUT2D eigenvalue weighted by Gasteiger charge is -2.25. The molecule has 0 saturated carbocycles. The largest absolute Gasteiger partial charge is 0.315 e. The van der Waals surface area contributed by atoms with Crippen molar-refractivity contribution in [3.8, 4) is 0 Å². The number of fused-ring (bicyclic) bond motifs is 4. The number of hydrogen-bond donors (Lipinski definition) is 4. The van der Waals surface area contributed by atoms with Crippen molar-refractivity contribution in [1.82, 2.24) is 31.1 Å². The summed E-state index contributed by atoms with van der Waals surface area (Å²) >= 11 is 0. The van der Waals surface area contributed by atoms with Gasteiger partial charge in [0.15, 0.2) is 0 Å². The molecule has 8 heteroatoms. The van der Waals surface area contributed by atoms with E-state index >= 15 is 0 Å². The van der Waals surface area contributed by atoms with Crippen LogP contribution in [-0.4, -0.2) is 101 Å². The first-order chi connectivity index (χ1) is 22.8. The first-order valence-corrected chi connectivity index (χ1v) is 17.9. The Morgan fingerprint density at radius 1 is 0.543 bits per heavy atom. The molecule has 0 spiro atoms. The minimum atomic E-state index is 0.543. The van der Waals surface area contributed by atoms with E-state index in [2.05, 4.69) is 102 Å². The molecule has 4 N–H and O–H groups in total. The van der Waals surface area contributed by atoms with E-state index in [4.69, 9.17) is 0 Å². The molecule has 250 valence electrons. The number of allylic oxidation sites excluding steroid dienone is 4. The van der Waals surface area contributed by atoms with Gasteiger partial charge in [-0.15, -0.1) is 0 Å². The third-order valence-corrected chi connectivity index (χ3v) is 9.35. The molecule has 2 atom stereocenters. The van der Waals surface area contributed by atoms with Gasteiger partial charge in [-0.2, -0.15) is 0 Å². The van der Waals surface area contributed by atoms with Crippen molar-refractivity contribution in [2.24, 2.45) is 21.8 Å². The Balaban J connectivity index is 1.09. The van der Waals surface area contributed by atoms with Crippen molar-refractivity contribution >= 4 is 12.4 Å². The van der Waals surface area contributed by atoms with Crippen LogP contribution in [0.2, 0.25) is 0 Å². The van der Waals surface area contributed by atoms with Crippen molar-refractivity contribution in [3.63, 3.8) is 0 Å². The van der Waals surface area contributed by atoms with Crippen LogP contribution in [0.5, 0.6) is 0 Å². The fraction of sp³-hybridized carbons (Fsp3) is 0.579. The highest BCUT2D eigenvalue weighted by atomic mass is 15.2. The molecule has 1 aromatic carbocycles. The number of nitrogens with one attached hydrogen (secondary N) is 4. The van der Waals surface area contributed by atoms with Crippen molar-refractivity contribution in [3.05, 3.63) is 83.2 Å². The summed E-state index contributed by atoms with van der Waals surface area (Å²) in [4.78, 5) is 14.2. The van der Waals surface area contributed by atoms with Crippen LogP contribution >= 0.6 is 0 Å². The zero-order chi connectivity index (χ0) is 31.5. The van der Waals surface area contributed by atoms with Crippen molar-refractivity contribution < 1.29 is 0 Å². The predicted molar refractivity (Wildman–Crippen MR) is 195 cm³/mol. The molecule has 0 aromatic heterocycles. The maximum absolute atomic E-state index is 4.50. The Morgan fingerprint density at radius 2 is 0.957 bits per heavy atom.